The summed E-state index contributed by atoms with van der Waals surface area (Å²) in [5.41, 5.74) is 6.17. The molecule has 0 saturated carbocycles. The SMILES string of the molecule is Cc1cccc(NC(=S)N/N=C/c2sccc2C)c1. The van der Waals surface area contributed by atoms with Gasteiger partial charge in [0.2, 0.25) is 0 Å². The van der Waals surface area contributed by atoms with E-state index in [1.165, 1.54) is 11.1 Å². The molecule has 2 N–H and O–H groups in total. The Balaban J connectivity index is 1.88. The first kappa shape index (κ1) is 13.7. The average Bonchev–Trinajstić information content (AvgIpc) is 2.75. The molecule has 2 rings (SSSR count). The molecule has 0 radical (unpaired) electrons. The van der Waals surface area contributed by atoms with Crippen LogP contribution in [0.4, 0.5) is 5.69 Å². The number of hydrazone groups is 1. The largest absolute Gasteiger partial charge is 0.331 e. The second-order valence-electron chi connectivity index (χ2n) is 4.16. The van der Waals surface area contributed by atoms with Gasteiger partial charge < -0.3 is 5.32 Å². The topological polar surface area (TPSA) is 36.4 Å². The number of thiocarbonyl (C=S) groups is 1. The molecule has 0 aliphatic heterocycles. The molecule has 0 amide bonds. The number of aryl methyl sites for hydroxylation is 2. The van der Waals surface area contributed by atoms with E-state index in [1.54, 1.807) is 17.6 Å². The molecule has 98 valence electrons. The quantitative estimate of drug-likeness (QED) is 0.514. The van der Waals surface area contributed by atoms with E-state index in [0.717, 1.165) is 10.6 Å². The zero-order valence-corrected chi connectivity index (χ0v) is 12.4. The van der Waals surface area contributed by atoms with Crippen molar-refractivity contribution < 1.29 is 0 Å². The lowest BCUT2D eigenvalue weighted by molar-refractivity contribution is 1.05. The molecule has 0 saturated heterocycles. The third kappa shape index (κ3) is 4.15. The lowest BCUT2D eigenvalue weighted by Gasteiger charge is -2.07. The van der Waals surface area contributed by atoms with Gasteiger partial charge in [-0.2, -0.15) is 5.10 Å². The first-order chi connectivity index (χ1) is 9.15. The van der Waals surface area contributed by atoms with E-state index in [9.17, 15) is 0 Å². The van der Waals surface area contributed by atoms with Gasteiger partial charge in [0.05, 0.1) is 6.21 Å². The Morgan fingerprint density at radius 2 is 2.16 bits per heavy atom. The van der Waals surface area contributed by atoms with Gasteiger partial charge in [-0.3, -0.25) is 5.43 Å². The van der Waals surface area contributed by atoms with Gasteiger partial charge in [-0.1, -0.05) is 12.1 Å². The second-order valence-corrected chi connectivity index (χ2v) is 5.52. The summed E-state index contributed by atoms with van der Waals surface area (Å²) in [5.74, 6) is 0. The zero-order chi connectivity index (χ0) is 13.7. The Labute approximate surface area is 122 Å². The van der Waals surface area contributed by atoms with E-state index in [2.05, 4.69) is 28.8 Å². The summed E-state index contributed by atoms with van der Waals surface area (Å²) in [4.78, 5) is 1.13. The van der Waals surface area contributed by atoms with Gasteiger partial charge in [0.25, 0.3) is 0 Å². The van der Waals surface area contributed by atoms with Gasteiger partial charge in [-0.25, -0.2) is 0 Å². The Kier molecular flexibility index (Phi) is 4.65. The molecule has 0 aliphatic rings. The number of nitrogens with one attached hydrogen (secondary N) is 2. The van der Waals surface area contributed by atoms with Crippen LogP contribution in [0.5, 0.6) is 0 Å². The van der Waals surface area contributed by atoms with Crippen LogP contribution in [0.3, 0.4) is 0 Å². The first-order valence-electron chi connectivity index (χ1n) is 5.86. The molecule has 0 atom stereocenters. The summed E-state index contributed by atoms with van der Waals surface area (Å²) in [7, 11) is 0. The standard InChI is InChI=1S/C14H15N3S2/c1-10-4-3-5-12(8-10)16-14(18)17-15-9-13-11(2)6-7-19-13/h3-9H,1-2H3,(H2,16,17,18)/b15-9+. The second kappa shape index (κ2) is 6.45. The van der Waals surface area contributed by atoms with E-state index in [-0.39, 0.29) is 0 Å². The van der Waals surface area contributed by atoms with Crippen molar-refractivity contribution in [2.24, 2.45) is 5.10 Å². The predicted octanol–water partition coefficient (Wildman–Crippen LogP) is 3.69. The number of benzene rings is 1. The number of anilines is 1. The molecule has 3 nitrogen and oxygen atoms in total. The minimum atomic E-state index is 0.482. The molecule has 1 aromatic carbocycles. The van der Waals surface area contributed by atoms with Crippen LogP contribution in [0.1, 0.15) is 16.0 Å². The van der Waals surface area contributed by atoms with Gasteiger partial charge in [0.1, 0.15) is 0 Å². The first-order valence-corrected chi connectivity index (χ1v) is 7.15. The van der Waals surface area contributed by atoms with Gasteiger partial charge >= 0.3 is 0 Å². The van der Waals surface area contributed by atoms with Crippen LogP contribution < -0.4 is 10.7 Å². The Morgan fingerprint density at radius 3 is 2.84 bits per heavy atom. The van der Waals surface area contributed by atoms with Crippen LogP contribution in [-0.2, 0) is 0 Å². The Morgan fingerprint density at radius 1 is 1.32 bits per heavy atom. The minimum Gasteiger partial charge on any atom is -0.331 e. The predicted molar refractivity (Wildman–Crippen MR) is 87.2 cm³/mol. The van der Waals surface area contributed by atoms with E-state index in [4.69, 9.17) is 12.2 Å². The van der Waals surface area contributed by atoms with Crippen molar-refractivity contribution in [3.8, 4) is 0 Å². The summed E-state index contributed by atoms with van der Waals surface area (Å²) < 4.78 is 0. The number of hydrogen-bond acceptors (Lipinski definition) is 3. The van der Waals surface area contributed by atoms with Gasteiger partial charge in [0, 0.05) is 10.6 Å². The number of nitrogens with zero attached hydrogens (tertiary/aromatic N) is 1. The van der Waals surface area contributed by atoms with Crippen LogP contribution in [-0.4, -0.2) is 11.3 Å². The molecule has 0 bridgehead atoms. The summed E-state index contributed by atoms with van der Waals surface area (Å²) in [5, 5.41) is 9.74. The van der Waals surface area contributed by atoms with Crippen molar-refractivity contribution in [2.45, 2.75) is 13.8 Å². The van der Waals surface area contributed by atoms with Crippen molar-refractivity contribution in [3.05, 3.63) is 51.7 Å². The highest BCUT2D eigenvalue weighted by Gasteiger charge is 1.97. The van der Waals surface area contributed by atoms with Crippen LogP contribution in [0.15, 0.2) is 40.8 Å². The molecule has 0 fully saturated rings. The van der Waals surface area contributed by atoms with E-state index >= 15 is 0 Å². The van der Waals surface area contributed by atoms with Crippen LogP contribution >= 0.6 is 23.6 Å². The van der Waals surface area contributed by atoms with Crippen molar-refractivity contribution in [2.75, 3.05) is 5.32 Å². The van der Waals surface area contributed by atoms with Crippen LogP contribution in [0, 0.1) is 13.8 Å². The monoisotopic (exact) mass is 289 g/mol. The van der Waals surface area contributed by atoms with Gasteiger partial charge in [0.15, 0.2) is 5.11 Å². The molecule has 1 heterocycles. The summed E-state index contributed by atoms with van der Waals surface area (Å²) in [6, 6.07) is 10.1. The molecule has 0 spiro atoms. The highest BCUT2D eigenvalue weighted by molar-refractivity contribution is 7.80. The normalized spacial score (nSPS) is 10.6. The number of thiophene rings is 1. The molecular formula is C14H15N3S2. The third-order valence-electron chi connectivity index (χ3n) is 2.53. The van der Waals surface area contributed by atoms with Gasteiger partial charge in [-0.15, -0.1) is 11.3 Å². The Hall–Kier alpha value is -1.72. The van der Waals surface area contributed by atoms with Crippen molar-refractivity contribution in [3.63, 3.8) is 0 Å². The summed E-state index contributed by atoms with van der Waals surface area (Å²) in [6.45, 7) is 4.10. The molecule has 0 unspecified atom stereocenters. The zero-order valence-electron chi connectivity index (χ0n) is 10.8. The fourth-order valence-corrected chi connectivity index (χ4v) is 2.50. The minimum absolute atomic E-state index is 0.482. The maximum absolute atomic E-state index is 5.17. The van der Waals surface area contributed by atoms with Crippen LogP contribution in [0.2, 0.25) is 0 Å². The third-order valence-corrected chi connectivity index (χ3v) is 3.67. The fraction of sp³-hybridized carbons (Fsp3) is 0.143. The fourth-order valence-electron chi connectivity index (χ4n) is 1.55. The van der Waals surface area contributed by atoms with Crippen molar-refractivity contribution in [1.82, 2.24) is 5.43 Å². The lowest BCUT2D eigenvalue weighted by atomic mass is 10.2. The molecule has 19 heavy (non-hydrogen) atoms. The van der Waals surface area contributed by atoms with E-state index < -0.39 is 0 Å². The van der Waals surface area contributed by atoms with E-state index in [0.29, 0.717) is 5.11 Å². The van der Waals surface area contributed by atoms with Crippen molar-refractivity contribution >= 4 is 40.6 Å². The van der Waals surface area contributed by atoms with Crippen molar-refractivity contribution in [1.29, 1.82) is 0 Å². The summed E-state index contributed by atoms with van der Waals surface area (Å²) in [6.07, 6.45) is 1.78. The average molecular weight is 289 g/mol. The number of hydrogen-bond donors (Lipinski definition) is 2. The van der Waals surface area contributed by atoms with Crippen LogP contribution in [0.25, 0.3) is 0 Å². The maximum atomic E-state index is 5.17. The smallest absolute Gasteiger partial charge is 0.191 e. The molecular weight excluding hydrogens is 274 g/mol. The maximum Gasteiger partial charge on any atom is 0.191 e. The molecule has 2 aromatic rings. The number of rotatable bonds is 3. The van der Waals surface area contributed by atoms with Gasteiger partial charge in [-0.05, 0) is 60.8 Å². The van der Waals surface area contributed by atoms with E-state index in [1.807, 2.05) is 36.6 Å². The summed E-state index contributed by atoms with van der Waals surface area (Å²) >= 11 is 6.83. The molecule has 5 heteroatoms. The highest BCUT2D eigenvalue weighted by atomic mass is 32.1. The Bertz CT molecular complexity index is 602. The molecule has 0 aliphatic carbocycles. The molecule has 1 aromatic heterocycles. The lowest BCUT2D eigenvalue weighted by Crippen LogP contribution is -2.23. The highest BCUT2D eigenvalue weighted by Crippen LogP contribution is 2.12.